The predicted molar refractivity (Wildman–Crippen MR) is 95.3 cm³/mol. The summed E-state index contributed by atoms with van der Waals surface area (Å²) in [5.41, 5.74) is 1.70. The second-order valence-electron chi connectivity index (χ2n) is 7.47. The summed E-state index contributed by atoms with van der Waals surface area (Å²) in [6, 6.07) is 5.63. The smallest absolute Gasteiger partial charge is 0.257 e. The Morgan fingerprint density at radius 3 is 2.77 bits per heavy atom. The highest BCUT2D eigenvalue weighted by Crippen LogP contribution is 2.41. The minimum atomic E-state index is 0.00150. The molecular formula is C20H23N3O3. The van der Waals surface area contributed by atoms with Gasteiger partial charge in [-0.15, -0.1) is 0 Å². The number of piperidine rings is 1. The fourth-order valence-corrected chi connectivity index (χ4v) is 4.13. The van der Waals surface area contributed by atoms with Crippen LogP contribution < -0.4 is 0 Å². The largest absolute Gasteiger partial charge is 0.469 e. The first-order valence-corrected chi connectivity index (χ1v) is 9.06. The van der Waals surface area contributed by atoms with Crippen molar-refractivity contribution in [1.29, 1.82) is 0 Å². The standard InChI is InChI=1S/C20H23N3O3/c1-15-17(4-10-26-15)19(25)22-8-5-20(6-9-22)11-18(24)23(14-20)13-16-3-2-7-21-12-16/h2-4,7,10,12H,5-6,8-9,11,13-14H2,1H3. The summed E-state index contributed by atoms with van der Waals surface area (Å²) >= 11 is 0. The van der Waals surface area contributed by atoms with Gasteiger partial charge in [0, 0.05) is 50.4 Å². The number of aromatic nitrogens is 1. The first-order chi connectivity index (χ1) is 12.6. The monoisotopic (exact) mass is 353 g/mol. The molecule has 2 saturated heterocycles. The maximum Gasteiger partial charge on any atom is 0.257 e. The van der Waals surface area contributed by atoms with Gasteiger partial charge < -0.3 is 14.2 Å². The van der Waals surface area contributed by atoms with Crippen LogP contribution in [0, 0.1) is 12.3 Å². The minimum Gasteiger partial charge on any atom is -0.469 e. The zero-order valence-corrected chi connectivity index (χ0v) is 15.0. The van der Waals surface area contributed by atoms with Gasteiger partial charge in [0.25, 0.3) is 5.91 Å². The SMILES string of the molecule is Cc1occc1C(=O)N1CCC2(CC1)CC(=O)N(Cc1cccnc1)C2. The zero-order chi connectivity index (χ0) is 18.1. The molecule has 4 heterocycles. The molecule has 0 radical (unpaired) electrons. The van der Waals surface area contributed by atoms with Crippen LogP contribution in [0.2, 0.25) is 0 Å². The van der Waals surface area contributed by atoms with Crippen molar-refractivity contribution in [3.05, 3.63) is 53.7 Å². The number of carbonyl (C=O) groups is 2. The normalized spacial score (nSPS) is 19.3. The number of furan rings is 1. The van der Waals surface area contributed by atoms with Crippen LogP contribution in [0.15, 0.2) is 41.3 Å². The second-order valence-corrected chi connectivity index (χ2v) is 7.47. The molecule has 6 nitrogen and oxygen atoms in total. The number of hydrogen-bond donors (Lipinski definition) is 0. The average Bonchev–Trinajstić information content (AvgIpc) is 3.20. The van der Waals surface area contributed by atoms with Gasteiger partial charge in [0.05, 0.1) is 11.8 Å². The number of carbonyl (C=O) groups excluding carboxylic acids is 2. The molecule has 2 aromatic rings. The summed E-state index contributed by atoms with van der Waals surface area (Å²) in [6.07, 6.45) is 7.42. The van der Waals surface area contributed by atoms with Crippen molar-refractivity contribution in [2.75, 3.05) is 19.6 Å². The molecule has 2 fully saturated rings. The number of nitrogens with zero attached hydrogens (tertiary/aromatic N) is 3. The van der Waals surface area contributed by atoms with Crippen molar-refractivity contribution >= 4 is 11.8 Å². The maximum absolute atomic E-state index is 12.6. The van der Waals surface area contributed by atoms with E-state index in [4.69, 9.17) is 4.42 Å². The number of likely N-dealkylation sites (tertiary alicyclic amines) is 2. The Labute approximate surface area is 152 Å². The number of rotatable bonds is 3. The van der Waals surface area contributed by atoms with Crippen LogP contribution in [-0.2, 0) is 11.3 Å². The van der Waals surface area contributed by atoms with Gasteiger partial charge in [-0.25, -0.2) is 0 Å². The predicted octanol–water partition coefficient (Wildman–Crippen LogP) is 2.64. The van der Waals surface area contributed by atoms with Crippen molar-refractivity contribution in [3.8, 4) is 0 Å². The maximum atomic E-state index is 12.6. The van der Waals surface area contributed by atoms with E-state index in [1.807, 2.05) is 35.1 Å². The Kier molecular flexibility index (Phi) is 4.26. The van der Waals surface area contributed by atoms with Crippen LogP contribution in [0.25, 0.3) is 0 Å². The lowest BCUT2D eigenvalue weighted by Crippen LogP contribution is -2.44. The molecule has 4 rings (SSSR count). The lowest BCUT2D eigenvalue weighted by molar-refractivity contribution is -0.128. The van der Waals surface area contributed by atoms with Crippen LogP contribution in [0.5, 0.6) is 0 Å². The van der Waals surface area contributed by atoms with E-state index in [1.54, 1.807) is 18.5 Å². The van der Waals surface area contributed by atoms with Crippen LogP contribution in [0.1, 0.15) is 40.9 Å². The number of aryl methyl sites for hydroxylation is 1. The fraction of sp³-hybridized carbons (Fsp3) is 0.450. The Morgan fingerprint density at radius 2 is 2.12 bits per heavy atom. The fourth-order valence-electron chi connectivity index (χ4n) is 4.13. The van der Waals surface area contributed by atoms with E-state index < -0.39 is 0 Å². The van der Waals surface area contributed by atoms with Crippen LogP contribution in [0.4, 0.5) is 0 Å². The van der Waals surface area contributed by atoms with Gasteiger partial charge in [-0.3, -0.25) is 14.6 Å². The lowest BCUT2D eigenvalue weighted by atomic mass is 9.77. The highest BCUT2D eigenvalue weighted by atomic mass is 16.3. The third-order valence-electron chi connectivity index (χ3n) is 5.70. The summed E-state index contributed by atoms with van der Waals surface area (Å²) in [5, 5.41) is 0. The van der Waals surface area contributed by atoms with Crippen LogP contribution in [0.3, 0.4) is 0 Å². The highest BCUT2D eigenvalue weighted by Gasteiger charge is 2.45. The molecule has 2 aliphatic heterocycles. The van der Waals surface area contributed by atoms with Gasteiger partial charge in [0.15, 0.2) is 0 Å². The molecule has 0 atom stereocenters. The van der Waals surface area contributed by atoms with Crippen molar-refractivity contribution in [2.45, 2.75) is 32.7 Å². The Balaban J connectivity index is 1.39. The summed E-state index contributed by atoms with van der Waals surface area (Å²) < 4.78 is 5.25. The van der Waals surface area contributed by atoms with Gasteiger partial charge in [-0.2, -0.15) is 0 Å². The topological polar surface area (TPSA) is 66.7 Å². The molecule has 1 spiro atoms. The van der Waals surface area contributed by atoms with E-state index in [0.29, 0.717) is 37.4 Å². The molecule has 0 N–H and O–H groups in total. The molecule has 2 amide bonds. The quantitative estimate of drug-likeness (QED) is 0.851. The van der Waals surface area contributed by atoms with Gasteiger partial charge >= 0.3 is 0 Å². The molecular weight excluding hydrogens is 330 g/mol. The molecule has 0 saturated carbocycles. The summed E-state index contributed by atoms with van der Waals surface area (Å²) in [4.78, 5) is 33.1. The van der Waals surface area contributed by atoms with Crippen molar-refractivity contribution < 1.29 is 14.0 Å². The van der Waals surface area contributed by atoms with E-state index >= 15 is 0 Å². The number of amides is 2. The van der Waals surface area contributed by atoms with E-state index in [9.17, 15) is 9.59 Å². The minimum absolute atomic E-state index is 0.00150. The van der Waals surface area contributed by atoms with E-state index in [2.05, 4.69) is 4.98 Å². The Bertz CT molecular complexity index is 807. The van der Waals surface area contributed by atoms with E-state index in [0.717, 1.165) is 24.9 Å². The average molecular weight is 353 g/mol. The van der Waals surface area contributed by atoms with Crippen molar-refractivity contribution in [2.24, 2.45) is 5.41 Å². The molecule has 26 heavy (non-hydrogen) atoms. The van der Waals surface area contributed by atoms with Crippen molar-refractivity contribution in [1.82, 2.24) is 14.8 Å². The molecule has 0 aliphatic carbocycles. The molecule has 2 aliphatic rings. The molecule has 136 valence electrons. The molecule has 0 unspecified atom stereocenters. The number of hydrogen-bond acceptors (Lipinski definition) is 4. The first kappa shape index (κ1) is 16.8. The summed E-state index contributed by atoms with van der Waals surface area (Å²) in [5.74, 6) is 0.899. The number of pyridine rings is 1. The summed E-state index contributed by atoms with van der Waals surface area (Å²) in [7, 11) is 0. The summed E-state index contributed by atoms with van der Waals surface area (Å²) in [6.45, 7) is 4.58. The van der Waals surface area contributed by atoms with Gasteiger partial charge in [-0.1, -0.05) is 6.07 Å². The van der Waals surface area contributed by atoms with Gasteiger partial charge in [-0.05, 0) is 37.5 Å². The van der Waals surface area contributed by atoms with Gasteiger partial charge in [0.2, 0.25) is 5.91 Å². The van der Waals surface area contributed by atoms with E-state index in [-0.39, 0.29) is 17.2 Å². The Morgan fingerprint density at radius 1 is 1.31 bits per heavy atom. The van der Waals surface area contributed by atoms with E-state index in [1.165, 1.54) is 0 Å². The molecule has 2 aromatic heterocycles. The second kappa shape index (κ2) is 6.59. The van der Waals surface area contributed by atoms with Crippen LogP contribution >= 0.6 is 0 Å². The molecule has 6 heteroatoms. The third kappa shape index (κ3) is 3.11. The van der Waals surface area contributed by atoms with Crippen molar-refractivity contribution in [3.63, 3.8) is 0 Å². The Hall–Kier alpha value is -2.63. The highest BCUT2D eigenvalue weighted by molar-refractivity contribution is 5.95. The zero-order valence-electron chi connectivity index (χ0n) is 15.0. The molecule has 0 bridgehead atoms. The molecule has 0 aromatic carbocycles. The lowest BCUT2D eigenvalue weighted by Gasteiger charge is -2.38. The van der Waals surface area contributed by atoms with Gasteiger partial charge in [0.1, 0.15) is 5.76 Å². The third-order valence-corrected chi connectivity index (χ3v) is 5.70. The van der Waals surface area contributed by atoms with Crippen LogP contribution in [-0.4, -0.2) is 46.2 Å². The first-order valence-electron chi connectivity index (χ1n) is 9.06.